The predicted molar refractivity (Wildman–Crippen MR) is 164 cm³/mol. The number of aryl methyl sites for hydroxylation is 1. The lowest BCUT2D eigenvalue weighted by Gasteiger charge is -2.38. The number of pyridine rings is 1. The Morgan fingerprint density at radius 3 is 2.55 bits per heavy atom. The first-order valence-corrected chi connectivity index (χ1v) is 14.7. The summed E-state index contributed by atoms with van der Waals surface area (Å²) in [6.45, 7) is 8.19. The molecule has 0 bridgehead atoms. The molecule has 3 unspecified atom stereocenters. The minimum Gasteiger partial charge on any atom is -0.480 e. The number of alkyl halides is 1. The van der Waals surface area contributed by atoms with E-state index in [1.54, 1.807) is 18.3 Å². The molecule has 4 rings (SSSR count). The Balaban J connectivity index is 1.51. The number of nitrogens with one attached hydrogen (secondary N) is 1. The quantitative estimate of drug-likeness (QED) is 0.248. The van der Waals surface area contributed by atoms with Gasteiger partial charge in [-0.05, 0) is 68.1 Å². The summed E-state index contributed by atoms with van der Waals surface area (Å²) in [5.74, 6) is 0.776. The summed E-state index contributed by atoms with van der Waals surface area (Å²) in [4.78, 5) is 4.67. The van der Waals surface area contributed by atoms with Crippen LogP contribution in [0.15, 0.2) is 66.5 Å². The highest BCUT2D eigenvalue weighted by molar-refractivity contribution is 7.27. The van der Waals surface area contributed by atoms with Crippen molar-refractivity contribution in [1.29, 1.82) is 0 Å². The first-order valence-electron chi connectivity index (χ1n) is 13.8. The van der Waals surface area contributed by atoms with Crippen LogP contribution >= 0.6 is 20.8 Å². The zero-order valence-corrected chi connectivity index (χ0v) is 25.5. The number of aliphatic hydroxyl groups is 1. The van der Waals surface area contributed by atoms with E-state index >= 15 is 0 Å². The molecule has 3 aromatic rings. The third-order valence-electron chi connectivity index (χ3n) is 7.54. The normalized spacial score (nSPS) is 17.6. The molecule has 0 saturated carbocycles. The largest absolute Gasteiger partial charge is 0.480 e. The smallest absolute Gasteiger partial charge is 0.158 e. The summed E-state index contributed by atoms with van der Waals surface area (Å²) in [7, 11) is 2.79. The van der Waals surface area contributed by atoms with E-state index in [0.717, 1.165) is 45.7 Å². The maximum atomic E-state index is 14.8. The lowest BCUT2D eigenvalue weighted by atomic mass is 9.87. The fourth-order valence-electron chi connectivity index (χ4n) is 5.04. The van der Waals surface area contributed by atoms with Crippen LogP contribution in [0.3, 0.4) is 0 Å². The SMILES string of the molecule is CC/C=C(/Cc1ccc(C(C)(F)C(C)O)cc1)Nc1ccc(OC2(c3ncc(Cl)cc3C)CCOCC2)c(P)c1. The van der Waals surface area contributed by atoms with Gasteiger partial charge in [0.05, 0.1) is 30.0 Å². The molecule has 1 aliphatic rings. The van der Waals surface area contributed by atoms with Crippen molar-refractivity contribution >= 4 is 31.8 Å². The summed E-state index contributed by atoms with van der Waals surface area (Å²) in [6, 6.07) is 15.3. The standard InChI is InChI=1S/C32H39ClFN2O3P/c1-5-6-26(18-23-7-9-24(10-8-23)31(4,34)22(3)37)36-27-11-12-28(29(40)19-27)39-32(13-15-38-16-14-32)30-21(2)17-25(33)20-35-30/h6-12,17,19-20,22,36-37H,5,13-16,18,40H2,1-4H3/b26-6-. The molecule has 0 amide bonds. The molecule has 1 aromatic heterocycles. The van der Waals surface area contributed by atoms with Crippen molar-refractivity contribution in [3.63, 3.8) is 0 Å². The van der Waals surface area contributed by atoms with Gasteiger partial charge in [-0.25, -0.2) is 4.39 Å². The van der Waals surface area contributed by atoms with Crippen LogP contribution < -0.4 is 15.4 Å². The van der Waals surface area contributed by atoms with Crippen molar-refractivity contribution < 1.29 is 19.0 Å². The van der Waals surface area contributed by atoms with Crippen molar-refractivity contribution in [3.05, 3.63) is 93.9 Å². The van der Waals surface area contributed by atoms with Gasteiger partial charge in [-0.1, -0.05) is 48.9 Å². The lowest BCUT2D eigenvalue weighted by molar-refractivity contribution is -0.0524. The summed E-state index contributed by atoms with van der Waals surface area (Å²) in [5.41, 5.74) is 3.04. The lowest BCUT2D eigenvalue weighted by Crippen LogP contribution is -2.41. The Kier molecular flexibility index (Phi) is 9.89. The Hall–Kier alpha value is -2.50. The minimum absolute atomic E-state index is 0.467. The third-order valence-corrected chi connectivity index (χ3v) is 8.20. The van der Waals surface area contributed by atoms with Crippen LogP contribution in [0.1, 0.15) is 62.4 Å². The van der Waals surface area contributed by atoms with E-state index in [2.05, 4.69) is 38.6 Å². The number of ether oxygens (including phenoxy) is 2. The molecular formula is C32H39ClFN2O3P. The van der Waals surface area contributed by atoms with Gasteiger partial charge in [-0.15, -0.1) is 9.24 Å². The first-order chi connectivity index (χ1) is 19.0. The monoisotopic (exact) mass is 584 g/mol. The van der Waals surface area contributed by atoms with E-state index in [1.165, 1.54) is 13.8 Å². The zero-order chi connectivity index (χ0) is 28.9. The second kappa shape index (κ2) is 13.0. The van der Waals surface area contributed by atoms with Crippen LogP contribution in [0.5, 0.6) is 5.75 Å². The molecule has 0 radical (unpaired) electrons. The number of rotatable bonds is 10. The number of nitrogens with zero attached hydrogens (tertiary/aromatic N) is 1. The molecule has 40 heavy (non-hydrogen) atoms. The Labute approximate surface area is 244 Å². The Morgan fingerprint density at radius 1 is 1.25 bits per heavy atom. The molecule has 1 saturated heterocycles. The molecule has 1 fully saturated rings. The van der Waals surface area contributed by atoms with E-state index in [9.17, 15) is 9.50 Å². The molecule has 3 atom stereocenters. The van der Waals surface area contributed by atoms with Crippen LogP contribution in [0.2, 0.25) is 5.02 Å². The van der Waals surface area contributed by atoms with Crippen LogP contribution in [0, 0.1) is 6.92 Å². The van der Waals surface area contributed by atoms with Crippen molar-refractivity contribution in [3.8, 4) is 5.75 Å². The van der Waals surface area contributed by atoms with Gasteiger partial charge in [0.1, 0.15) is 5.75 Å². The number of anilines is 1. The molecule has 2 N–H and O–H groups in total. The number of hydrogen-bond donors (Lipinski definition) is 2. The van der Waals surface area contributed by atoms with Gasteiger partial charge in [0.2, 0.25) is 0 Å². The molecule has 214 valence electrons. The number of benzene rings is 2. The van der Waals surface area contributed by atoms with Gasteiger partial charge in [-0.2, -0.15) is 0 Å². The molecule has 5 nitrogen and oxygen atoms in total. The molecule has 1 aliphatic heterocycles. The topological polar surface area (TPSA) is 63.6 Å². The van der Waals surface area contributed by atoms with Crippen LogP contribution in [-0.2, 0) is 22.4 Å². The van der Waals surface area contributed by atoms with E-state index in [1.807, 2.05) is 37.3 Å². The highest BCUT2D eigenvalue weighted by Gasteiger charge is 2.40. The third kappa shape index (κ3) is 7.03. The minimum atomic E-state index is -1.79. The fourth-order valence-corrected chi connectivity index (χ4v) is 5.59. The van der Waals surface area contributed by atoms with Crippen LogP contribution in [-0.4, -0.2) is 29.4 Å². The molecule has 0 spiro atoms. The van der Waals surface area contributed by atoms with Crippen molar-refractivity contribution in [1.82, 2.24) is 4.98 Å². The number of halogens is 2. The molecular weight excluding hydrogens is 546 g/mol. The fraction of sp³-hybridized carbons (Fsp3) is 0.406. The zero-order valence-electron chi connectivity index (χ0n) is 23.6. The van der Waals surface area contributed by atoms with Gasteiger partial charge in [0.15, 0.2) is 11.3 Å². The summed E-state index contributed by atoms with van der Waals surface area (Å²) in [5, 5.41) is 14.9. The Morgan fingerprint density at radius 2 is 1.95 bits per heavy atom. The average Bonchev–Trinajstić information content (AvgIpc) is 2.91. The first kappa shape index (κ1) is 30.5. The van der Waals surface area contributed by atoms with Crippen LogP contribution in [0.4, 0.5) is 10.1 Å². The van der Waals surface area contributed by atoms with E-state index in [-0.39, 0.29) is 0 Å². The molecule has 0 aliphatic carbocycles. The second-order valence-corrected chi connectivity index (χ2v) is 11.7. The van der Waals surface area contributed by atoms with E-state index in [4.69, 9.17) is 21.1 Å². The van der Waals surface area contributed by atoms with Gasteiger partial charge in [0.25, 0.3) is 0 Å². The molecule has 2 heterocycles. The second-order valence-electron chi connectivity index (χ2n) is 10.7. The van der Waals surface area contributed by atoms with E-state index in [0.29, 0.717) is 43.1 Å². The summed E-state index contributed by atoms with van der Waals surface area (Å²) >= 11 is 6.19. The maximum absolute atomic E-state index is 14.8. The van der Waals surface area contributed by atoms with Crippen molar-refractivity contribution in [2.45, 2.75) is 70.8 Å². The maximum Gasteiger partial charge on any atom is 0.158 e. The number of aromatic nitrogens is 1. The highest BCUT2D eigenvalue weighted by Crippen LogP contribution is 2.38. The number of hydrogen-bond acceptors (Lipinski definition) is 5. The average molecular weight is 585 g/mol. The molecule has 8 heteroatoms. The van der Waals surface area contributed by atoms with E-state index < -0.39 is 17.4 Å². The summed E-state index contributed by atoms with van der Waals surface area (Å²) in [6.07, 6.45) is 5.69. The number of allylic oxidation sites excluding steroid dienone is 2. The van der Waals surface area contributed by atoms with Gasteiger partial charge >= 0.3 is 0 Å². The van der Waals surface area contributed by atoms with Gasteiger partial charge in [-0.3, -0.25) is 4.98 Å². The van der Waals surface area contributed by atoms with Crippen molar-refractivity contribution in [2.75, 3.05) is 18.5 Å². The predicted octanol–water partition coefficient (Wildman–Crippen LogP) is 7.14. The molecule has 2 aromatic carbocycles. The Bertz CT molecular complexity index is 1340. The van der Waals surface area contributed by atoms with Gasteiger partial charge < -0.3 is 19.9 Å². The number of aliphatic hydroxyl groups excluding tert-OH is 1. The van der Waals surface area contributed by atoms with Crippen LogP contribution in [0.25, 0.3) is 0 Å². The highest BCUT2D eigenvalue weighted by atomic mass is 35.5. The summed E-state index contributed by atoms with van der Waals surface area (Å²) < 4.78 is 27.2. The van der Waals surface area contributed by atoms with Crippen molar-refractivity contribution in [2.24, 2.45) is 0 Å². The van der Waals surface area contributed by atoms with Gasteiger partial charge in [0, 0.05) is 42.1 Å².